The highest BCUT2D eigenvalue weighted by atomic mass is 35.5. The number of hydrogen-bond donors (Lipinski definition) is 2. The van der Waals surface area contributed by atoms with Gasteiger partial charge in [-0.1, -0.05) is 42.1 Å². The van der Waals surface area contributed by atoms with Gasteiger partial charge < -0.3 is 15.3 Å². The van der Waals surface area contributed by atoms with Crippen molar-refractivity contribution in [2.75, 3.05) is 13.1 Å². The predicted octanol–water partition coefficient (Wildman–Crippen LogP) is 4.87. The van der Waals surface area contributed by atoms with E-state index in [2.05, 4.69) is 5.32 Å². The largest absolute Gasteiger partial charge is 0.480 e. The fourth-order valence-corrected chi connectivity index (χ4v) is 5.84. The molecular weight excluding hydrogens is 471 g/mol. The molecule has 0 bridgehead atoms. The summed E-state index contributed by atoms with van der Waals surface area (Å²) in [6.07, 6.45) is 9.07. The van der Waals surface area contributed by atoms with Crippen LogP contribution in [0.1, 0.15) is 51.0 Å². The van der Waals surface area contributed by atoms with Gasteiger partial charge >= 0.3 is 5.97 Å². The number of carbonyl (C=O) groups is 3. The van der Waals surface area contributed by atoms with Crippen LogP contribution in [0.4, 0.5) is 0 Å². The SMILES string of the molecule is C[C@H](NC(=O)C1CCN(C(=O)/C=C/c2ccc(SC3CCCC3)c(Cl)c2Cl)CC1)C(=O)O. The zero-order valence-electron chi connectivity index (χ0n) is 18.0. The van der Waals surface area contributed by atoms with Crippen LogP contribution in [0.25, 0.3) is 6.08 Å². The van der Waals surface area contributed by atoms with E-state index in [1.807, 2.05) is 12.1 Å². The van der Waals surface area contributed by atoms with Gasteiger partial charge in [-0.05, 0) is 50.3 Å². The molecule has 3 rings (SSSR count). The Morgan fingerprint density at radius 1 is 1.12 bits per heavy atom. The first-order chi connectivity index (χ1) is 15.3. The summed E-state index contributed by atoms with van der Waals surface area (Å²) < 4.78 is 0. The molecule has 32 heavy (non-hydrogen) atoms. The molecule has 0 unspecified atom stereocenters. The van der Waals surface area contributed by atoms with Crippen LogP contribution >= 0.6 is 35.0 Å². The van der Waals surface area contributed by atoms with E-state index in [1.165, 1.54) is 38.7 Å². The maximum absolute atomic E-state index is 12.6. The quantitative estimate of drug-likeness (QED) is 0.523. The van der Waals surface area contributed by atoms with E-state index in [-0.39, 0.29) is 17.7 Å². The summed E-state index contributed by atoms with van der Waals surface area (Å²) in [5, 5.41) is 13.0. The van der Waals surface area contributed by atoms with Crippen LogP contribution in [0.3, 0.4) is 0 Å². The number of likely N-dealkylation sites (tertiary alicyclic amines) is 1. The normalized spacial score (nSPS) is 18.8. The maximum atomic E-state index is 12.6. The van der Waals surface area contributed by atoms with Crippen LogP contribution in [0.5, 0.6) is 0 Å². The van der Waals surface area contributed by atoms with Crippen molar-refractivity contribution < 1.29 is 19.5 Å². The van der Waals surface area contributed by atoms with Crippen molar-refractivity contribution in [2.24, 2.45) is 5.92 Å². The molecule has 1 saturated carbocycles. The number of carboxylic acid groups (broad SMARTS) is 1. The Bertz CT molecular complexity index is 894. The minimum atomic E-state index is -1.07. The van der Waals surface area contributed by atoms with Crippen LogP contribution in [0, 0.1) is 5.92 Å². The molecule has 6 nitrogen and oxygen atoms in total. The lowest BCUT2D eigenvalue weighted by atomic mass is 9.95. The van der Waals surface area contributed by atoms with E-state index in [0.29, 0.717) is 46.8 Å². The van der Waals surface area contributed by atoms with Crippen LogP contribution < -0.4 is 5.32 Å². The molecule has 1 atom stereocenters. The van der Waals surface area contributed by atoms with Gasteiger partial charge in [0.05, 0.1) is 10.0 Å². The number of nitrogens with one attached hydrogen (secondary N) is 1. The summed E-state index contributed by atoms with van der Waals surface area (Å²) in [5.41, 5.74) is 0.692. The van der Waals surface area contributed by atoms with Crippen molar-refractivity contribution in [3.63, 3.8) is 0 Å². The molecule has 1 saturated heterocycles. The molecule has 1 aliphatic heterocycles. The van der Waals surface area contributed by atoms with Crippen molar-refractivity contribution in [1.29, 1.82) is 0 Å². The molecule has 0 radical (unpaired) electrons. The molecule has 0 aromatic heterocycles. The lowest BCUT2D eigenvalue weighted by molar-refractivity contribution is -0.142. The second-order valence-corrected chi connectivity index (χ2v) is 10.4. The number of halogens is 2. The third kappa shape index (κ3) is 6.42. The van der Waals surface area contributed by atoms with Gasteiger partial charge in [-0.3, -0.25) is 14.4 Å². The molecule has 0 spiro atoms. The van der Waals surface area contributed by atoms with E-state index in [1.54, 1.807) is 22.7 Å². The minimum absolute atomic E-state index is 0.153. The summed E-state index contributed by atoms with van der Waals surface area (Å²) in [7, 11) is 0. The van der Waals surface area contributed by atoms with Gasteiger partial charge in [-0.2, -0.15) is 0 Å². The lowest BCUT2D eigenvalue weighted by Crippen LogP contribution is -2.46. The molecule has 1 aromatic carbocycles. The Balaban J connectivity index is 1.53. The van der Waals surface area contributed by atoms with Crippen molar-refractivity contribution in [1.82, 2.24) is 10.2 Å². The fourth-order valence-electron chi connectivity index (χ4n) is 3.97. The van der Waals surface area contributed by atoms with Crippen molar-refractivity contribution >= 4 is 58.8 Å². The summed E-state index contributed by atoms with van der Waals surface area (Å²) in [4.78, 5) is 38.3. The second-order valence-electron chi connectivity index (χ2n) is 8.31. The number of carbonyl (C=O) groups excluding carboxylic acids is 2. The predicted molar refractivity (Wildman–Crippen MR) is 128 cm³/mol. The van der Waals surface area contributed by atoms with Gasteiger partial charge in [0, 0.05) is 35.2 Å². The van der Waals surface area contributed by atoms with Crippen molar-refractivity contribution in [3.8, 4) is 0 Å². The van der Waals surface area contributed by atoms with Crippen LogP contribution in [-0.2, 0) is 14.4 Å². The van der Waals surface area contributed by atoms with E-state index < -0.39 is 12.0 Å². The zero-order valence-corrected chi connectivity index (χ0v) is 20.3. The highest BCUT2D eigenvalue weighted by Crippen LogP contribution is 2.41. The van der Waals surface area contributed by atoms with Gasteiger partial charge in [0.25, 0.3) is 0 Å². The van der Waals surface area contributed by atoms with Crippen molar-refractivity contribution in [2.45, 2.75) is 61.6 Å². The Labute approximate surface area is 202 Å². The molecule has 2 aliphatic rings. The number of nitrogens with zero attached hydrogens (tertiary/aromatic N) is 1. The Hall–Kier alpha value is -1.70. The maximum Gasteiger partial charge on any atom is 0.325 e. The molecule has 1 aliphatic carbocycles. The Morgan fingerprint density at radius 3 is 2.41 bits per heavy atom. The highest BCUT2D eigenvalue weighted by molar-refractivity contribution is 8.00. The lowest BCUT2D eigenvalue weighted by Gasteiger charge is -2.31. The molecule has 1 heterocycles. The monoisotopic (exact) mass is 498 g/mol. The highest BCUT2D eigenvalue weighted by Gasteiger charge is 2.28. The number of aliphatic carboxylic acids is 1. The van der Waals surface area contributed by atoms with Gasteiger partial charge in [0.2, 0.25) is 11.8 Å². The zero-order chi connectivity index (χ0) is 23.3. The third-order valence-corrected chi connectivity index (χ3v) is 8.39. The van der Waals surface area contributed by atoms with Gasteiger partial charge in [-0.15, -0.1) is 11.8 Å². The number of hydrogen-bond acceptors (Lipinski definition) is 4. The number of amides is 2. The Kier molecular flexibility index (Phi) is 8.91. The van der Waals surface area contributed by atoms with Gasteiger partial charge in [0.1, 0.15) is 6.04 Å². The Morgan fingerprint density at radius 2 is 1.78 bits per heavy atom. The average Bonchev–Trinajstić information content (AvgIpc) is 3.29. The fraction of sp³-hybridized carbons (Fsp3) is 0.522. The number of benzene rings is 1. The van der Waals surface area contributed by atoms with Crippen LogP contribution in [0.2, 0.25) is 10.0 Å². The second kappa shape index (κ2) is 11.4. The number of carboxylic acids is 1. The molecule has 2 N–H and O–H groups in total. The van der Waals surface area contributed by atoms with E-state index in [9.17, 15) is 14.4 Å². The molecule has 1 aromatic rings. The van der Waals surface area contributed by atoms with E-state index >= 15 is 0 Å². The van der Waals surface area contributed by atoms with Crippen LogP contribution in [-0.4, -0.2) is 52.2 Å². The van der Waals surface area contributed by atoms with Gasteiger partial charge in [0.15, 0.2) is 0 Å². The number of thioether (sulfide) groups is 1. The number of piperidine rings is 1. The van der Waals surface area contributed by atoms with E-state index in [4.69, 9.17) is 28.3 Å². The molecule has 174 valence electrons. The first kappa shape index (κ1) is 24.9. The molecule has 9 heteroatoms. The smallest absolute Gasteiger partial charge is 0.325 e. The first-order valence-electron chi connectivity index (χ1n) is 10.9. The summed E-state index contributed by atoms with van der Waals surface area (Å²) in [6, 6.07) is 2.92. The summed E-state index contributed by atoms with van der Waals surface area (Å²) >= 11 is 14.7. The average molecular weight is 499 g/mol. The molecule has 2 fully saturated rings. The van der Waals surface area contributed by atoms with E-state index in [0.717, 1.165) is 4.90 Å². The number of rotatable bonds is 7. The standard InChI is InChI=1S/C23H28Cl2N2O4S/c1-14(23(30)31)26-22(29)16-10-12-27(13-11-16)19(28)9-7-15-6-8-18(21(25)20(15)24)32-17-4-2-3-5-17/h6-9,14,16-17H,2-5,10-13H2,1H3,(H,26,29)(H,30,31)/b9-7+/t14-/m0/s1. The first-order valence-corrected chi connectivity index (χ1v) is 12.5. The molecular formula is C23H28Cl2N2O4S. The summed E-state index contributed by atoms with van der Waals surface area (Å²) in [6.45, 7) is 2.31. The molecule has 2 amide bonds. The van der Waals surface area contributed by atoms with Gasteiger partial charge in [-0.25, -0.2) is 0 Å². The minimum Gasteiger partial charge on any atom is -0.480 e. The van der Waals surface area contributed by atoms with Crippen molar-refractivity contribution in [3.05, 3.63) is 33.8 Å². The summed E-state index contributed by atoms with van der Waals surface area (Å²) in [5.74, 6) is -1.79. The third-order valence-electron chi connectivity index (χ3n) is 5.98. The topological polar surface area (TPSA) is 86.7 Å². The van der Waals surface area contributed by atoms with Crippen LogP contribution in [0.15, 0.2) is 23.1 Å².